The van der Waals surface area contributed by atoms with Gasteiger partial charge in [-0.2, -0.15) is 4.68 Å². The molecule has 9 heteroatoms. The van der Waals surface area contributed by atoms with Crippen LogP contribution in [0.1, 0.15) is 26.0 Å². The van der Waals surface area contributed by atoms with Crippen LogP contribution in [-0.4, -0.2) is 44.7 Å². The number of rotatable bonds is 8. The summed E-state index contributed by atoms with van der Waals surface area (Å²) >= 11 is 0. The Balaban J connectivity index is 1.83. The lowest BCUT2D eigenvalue weighted by Gasteiger charge is -2.11. The van der Waals surface area contributed by atoms with Crippen LogP contribution in [0.25, 0.3) is 23.2 Å². The van der Waals surface area contributed by atoms with Crippen LogP contribution in [0.15, 0.2) is 53.1 Å². The van der Waals surface area contributed by atoms with Crippen LogP contribution in [-0.2, 0) is 14.3 Å². The quantitative estimate of drug-likeness (QED) is 0.460. The fraction of sp³-hybridized carbons (Fsp3) is 0.250. The van der Waals surface area contributed by atoms with Gasteiger partial charge in [0, 0.05) is 18.2 Å². The van der Waals surface area contributed by atoms with E-state index in [1.165, 1.54) is 17.0 Å². The molecular weight excluding hydrogens is 374 g/mol. The summed E-state index contributed by atoms with van der Waals surface area (Å²) in [5, 5.41) is 14.4. The Morgan fingerprint density at radius 1 is 1.21 bits per heavy atom. The number of aromatic nitrogens is 4. The van der Waals surface area contributed by atoms with Crippen molar-refractivity contribution in [1.29, 1.82) is 0 Å². The second-order valence-electron chi connectivity index (χ2n) is 6.37. The first-order valence-corrected chi connectivity index (χ1v) is 9.11. The number of furan rings is 1. The Labute approximate surface area is 167 Å². The highest BCUT2D eigenvalue weighted by molar-refractivity contribution is 6.18. The topological polar surface area (TPSA) is 112 Å². The maximum Gasteiger partial charge on any atom is 0.307 e. The summed E-state index contributed by atoms with van der Waals surface area (Å²) in [5.41, 5.74) is 0.900. The van der Waals surface area contributed by atoms with Gasteiger partial charge >= 0.3 is 5.97 Å². The van der Waals surface area contributed by atoms with Gasteiger partial charge in [0.05, 0.1) is 18.8 Å². The third-order valence-corrected chi connectivity index (χ3v) is 3.77. The summed E-state index contributed by atoms with van der Waals surface area (Å²) in [5.74, 6) is 0.0224. The predicted octanol–water partition coefficient (Wildman–Crippen LogP) is 2.39. The van der Waals surface area contributed by atoms with E-state index in [2.05, 4.69) is 20.8 Å². The van der Waals surface area contributed by atoms with Crippen molar-refractivity contribution in [2.24, 2.45) is 0 Å². The summed E-state index contributed by atoms with van der Waals surface area (Å²) < 4.78 is 11.7. The third kappa shape index (κ3) is 5.38. The van der Waals surface area contributed by atoms with Gasteiger partial charge in [0.25, 0.3) is 5.91 Å². The number of carbonyl (C=O) groups is 2. The number of amides is 1. The molecule has 150 valence electrons. The zero-order chi connectivity index (χ0) is 20.6. The molecule has 0 atom stereocenters. The smallest absolute Gasteiger partial charge is 0.307 e. The molecule has 29 heavy (non-hydrogen) atoms. The predicted molar refractivity (Wildman–Crippen MR) is 105 cm³/mol. The lowest BCUT2D eigenvalue weighted by molar-refractivity contribution is -0.147. The van der Waals surface area contributed by atoms with Crippen molar-refractivity contribution < 1.29 is 18.7 Å². The van der Waals surface area contributed by atoms with Gasteiger partial charge in [0.15, 0.2) is 5.82 Å². The first-order valence-electron chi connectivity index (χ1n) is 9.11. The molecule has 9 nitrogen and oxygen atoms in total. The molecule has 2 aromatic heterocycles. The van der Waals surface area contributed by atoms with E-state index in [1.807, 2.05) is 30.3 Å². The van der Waals surface area contributed by atoms with Crippen molar-refractivity contribution in [3.63, 3.8) is 0 Å². The number of benzene rings is 1. The highest BCUT2D eigenvalue weighted by atomic mass is 16.5. The SMILES string of the molecule is CC(C)OC(=O)CCNC(=O)/C(=C/c1ccco1)n1nnnc1-c1ccccc1. The number of ether oxygens (including phenoxy) is 1. The molecule has 0 radical (unpaired) electrons. The minimum absolute atomic E-state index is 0.0547. The van der Waals surface area contributed by atoms with Crippen molar-refractivity contribution in [3.05, 3.63) is 54.5 Å². The highest BCUT2D eigenvalue weighted by Gasteiger charge is 2.20. The fourth-order valence-corrected chi connectivity index (χ4v) is 2.54. The van der Waals surface area contributed by atoms with Gasteiger partial charge in [-0.15, -0.1) is 5.10 Å². The first-order chi connectivity index (χ1) is 14.0. The number of hydrogen-bond acceptors (Lipinski definition) is 7. The molecule has 1 aromatic carbocycles. The van der Waals surface area contributed by atoms with Crippen molar-refractivity contribution >= 4 is 23.6 Å². The summed E-state index contributed by atoms with van der Waals surface area (Å²) in [4.78, 5) is 24.6. The van der Waals surface area contributed by atoms with Crippen molar-refractivity contribution in [2.45, 2.75) is 26.4 Å². The van der Waals surface area contributed by atoms with E-state index in [1.54, 1.807) is 26.0 Å². The van der Waals surface area contributed by atoms with Crippen LogP contribution >= 0.6 is 0 Å². The van der Waals surface area contributed by atoms with Crippen LogP contribution in [0.4, 0.5) is 0 Å². The average Bonchev–Trinajstić information content (AvgIpc) is 3.38. The molecule has 1 amide bonds. The van der Waals surface area contributed by atoms with Crippen molar-refractivity contribution in [1.82, 2.24) is 25.5 Å². The maximum atomic E-state index is 12.9. The van der Waals surface area contributed by atoms with E-state index in [0.29, 0.717) is 11.6 Å². The van der Waals surface area contributed by atoms with Gasteiger partial charge in [0.2, 0.25) is 0 Å². The highest BCUT2D eigenvalue weighted by Crippen LogP contribution is 2.20. The molecule has 1 N–H and O–H groups in total. The third-order valence-electron chi connectivity index (χ3n) is 3.77. The molecule has 0 bridgehead atoms. The van der Waals surface area contributed by atoms with E-state index in [-0.39, 0.29) is 30.7 Å². The molecule has 0 aliphatic heterocycles. The molecule has 0 saturated carbocycles. The van der Waals surface area contributed by atoms with E-state index in [9.17, 15) is 9.59 Å². The van der Waals surface area contributed by atoms with Crippen LogP contribution < -0.4 is 5.32 Å². The molecule has 0 spiro atoms. The number of nitrogens with zero attached hydrogens (tertiary/aromatic N) is 4. The largest absolute Gasteiger partial charge is 0.465 e. The Hall–Kier alpha value is -3.75. The number of hydrogen-bond donors (Lipinski definition) is 1. The Morgan fingerprint density at radius 3 is 2.69 bits per heavy atom. The molecule has 0 unspecified atom stereocenters. The molecule has 2 heterocycles. The van der Waals surface area contributed by atoms with Crippen molar-refractivity contribution in [3.8, 4) is 11.4 Å². The van der Waals surface area contributed by atoms with Gasteiger partial charge in [-0.1, -0.05) is 30.3 Å². The van der Waals surface area contributed by atoms with Gasteiger partial charge in [-0.3, -0.25) is 9.59 Å². The zero-order valence-electron chi connectivity index (χ0n) is 16.1. The van der Waals surface area contributed by atoms with Gasteiger partial charge < -0.3 is 14.5 Å². The summed E-state index contributed by atoms with van der Waals surface area (Å²) in [6, 6.07) is 12.7. The first kappa shape index (κ1) is 20.0. The molecular formula is C20H21N5O4. The Morgan fingerprint density at radius 2 is 2.00 bits per heavy atom. The van der Waals surface area contributed by atoms with Gasteiger partial charge in [-0.05, 0) is 36.4 Å². The standard InChI is InChI=1S/C20H21N5O4/c1-14(2)29-18(26)10-11-21-20(27)17(13-16-9-6-12-28-16)25-19(22-23-24-25)15-7-4-3-5-8-15/h3-9,12-14H,10-11H2,1-2H3,(H,21,27)/b17-13-. The van der Waals surface area contributed by atoms with Crippen LogP contribution in [0, 0.1) is 0 Å². The van der Waals surface area contributed by atoms with Gasteiger partial charge in [0.1, 0.15) is 11.5 Å². The van der Waals surface area contributed by atoms with Crippen molar-refractivity contribution in [2.75, 3.05) is 6.54 Å². The number of esters is 1. The molecule has 0 aliphatic rings. The maximum absolute atomic E-state index is 12.9. The van der Waals surface area contributed by atoms with E-state index < -0.39 is 5.91 Å². The van der Waals surface area contributed by atoms with E-state index in [0.717, 1.165) is 5.56 Å². The second-order valence-corrected chi connectivity index (χ2v) is 6.37. The minimum Gasteiger partial charge on any atom is -0.465 e. The summed E-state index contributed by atoms with van der Waals surface area (Å²) in [6.07, 6.45) is 2.88. The Bertz CT molecular complexity index is 977. The van der Waals surface area contributed by atoms with Crippen LogP contribution in [0.5, 0.6) is 0 Å². The zero-order valence-corrected chi connectivity index (χ0v) is 16.1. The van der Waals surface area contributed by atoms with Crippen LogP contribution in [0.2, 0.25) is 0 Å². The molecule has 3 rings (SSSR count). The summed E-state index contributed by atoms with van der Waals surface area (Å²) in [6.45, 7) is 3.65. The molecule has 0 fully saturated rings. The number of carbonyl (C=O) groups excluding carboxylic acids is 2. The summed E-state index contributed by atoms with van der Waals surface area (Å²) in [7, 11) is 0. The second kappa shape index (κ2) is 9.45. The lowest BCUT2D eigenvalue weighted by atomic mass is 10.2. The molecule has 0 saturated heterocycles. The molecule has 0 aliphatic carbocycles. The van der Waals surface area contributed by atoms with E-state index >= 15 is 0 Å². The fourth-order valence-electron chi connectivity index (χ4n) is 2.54. The minimum atomic E-state index is -0.455. The number of tetrazole rings is 1. The monoisotopic (exact) mass is 395 g/mol. The number of nitrogens with one attached hydrogen (secondary N) is 1. The van der Waals surface area contributed by atoms with E-state index in [4.69, 9.17) is 9.15 Å². The lowest BCUT2D eigenvalue weighted by Crippen LogP contribution is -2.30. The normalized spacial score (nSPS) is 11.5. The van der Waals surface area contributed by atoms with Gasteiger partial charge in [-0.25, -0.2) is 0 Å². The Kier molecular flexibility index (Phi) is 6.51. The molecule has 3 aromatic rings. The van der Waals surface area contributed by atoms with Crippen LogP contribution in [0.3, 0.4) is 0 Å². The average molecular weight is 395 g/mol.